The van der Waals surface area contributed by atoms with Crippen LogP contribution in [-0.2, 0) is 9.53 Å². The minimum Gasteiger partial charge on any atom is -0.465 e. The van der Waals surface area contributed by atoms with E-state index in [0.29, 0.717) is 25.2 Å². The van der Waals surface area contributed by atoms with Gasteiger partial charge in [-0.25, -0.2) is 0 Å². The summed E-state index contributed by atoms with van der Waals surface area (Å²) in [5.41, 5.74) is 5.87. The molecule has 0 radical (unpaired) electrons. The first kappa shape index (κ1) is 14.5. The van der Waals surface area contributed by atoms with Crippen molar-refractivity contribution in [2.45, 2.75) is 57.5 Å². The Bertz CT molecular complexity index is 225. The van der Waals surface area contributed by atoms with Crippen molar-refractivity contribution >= 4 is 5.97 Å². The number of nitrogens with zero attached hydrogens (tertiary/aromatic N) is 1. The lowest BCUT2D eigenvalue weighted by molar-refractivity contribution is -0.145. The summed E-state index contributed by atoms with van der Waals surface area (Å²) in [6.45, 7) is 3.05. The molecule has 1 aliphatic carbocycles. The highest BCUT2D eigenvalue weighted by molar-refractivity contribution is 5.71. The standard InChI is InChI=1S/C13H26N2O2/c1-3-4-9-17-13(16)10-15(2)12-7-5-11(14)6-8-12/h11-12H,3-10,14H2,1-2H3. The van der Waals surface area contributed by atoms with Crippen LogP contribution in [0.15, 0.2) is 0 Å². The van der Waals surface area contributed by atoms with Crippen molar-refractivity contribution in [3.8, 4) is 0 Å². The summed E-state index contributed by atoms with van der Waals surface area (Å²) < 4.78 is 5.16. The van der Waals surface area contributed by atoms with Gasteiger partial charge in [0, 0.05) is 12.1 Å². The monoisotopic (exact) mass is 242 g/mol. The van der Waals surface area contributed by atoms with Gasteiger partial charge in [0.15, 0.2) is 0 Å². The number of ether oxygens (including phenoxy) is 1. The first-order valence-electron chi connectivity index (χ1n) is 6.75. The maximum absolute atomic E-state index is 11.5. The van der Waals surface area contributed by atoms with E-state index in [1.54, 1.807) is 0 Å². The SMILES string of the molecule is CCCCOC(=O)CN(C)C1CCC(N)CC1. The smallest absolute Gasteiger partial charge is 0.320 e. The second-order valence-corrected chi connectivity index (χ2v) is 5.06. The van der Waals surface area contributed by atoms with E-state index in [2.05, 4.69) is 11.8 Å². The molecule has 0 aromatic heterocycles. The molecule has 0 saturated heterocycles. The van der Waals surface area contributed by atoms with Gasteiger partial charge in [-0.05, 0) is 39.2 Å². The Morgan fingerprint density at radius 1 is 1.35 bits per heavy atom. The Kier molecular flexibility index (Phi) is 6.52. The van der Waals surface area contributed by atoms with Crippen molar-refractivity contribution in [1.82, 2.24) is 4.90 Å². The second-order valence-electron chi connectivity index (χ2n) is 5.06. The van der Waals surface area contributed by atoms with Crippen LogP contribution in [0.4, 0.5) is 0 Å². The van der Waals surface area contributed by atoms with Crippen molar-refractivity contribution in [3.63, 3.8) is 0 Å². The van der Waals surface area contributed by atoms with E-state index in [0.717, 1.165) is 38.5 Å². The predicted molar refractivity (Wildman–Crippen MR) is 68.7 cm³/mol. The Labute approximate surface area is 104 Å². The molecule has 2 N–H and O–H groups in total. The lowest BCUT2D eigenvalue weighted by atomic mass is 9.91. The largest absolute Gasteiger partial charge is 0.465 e. The minimum absolute atomic E-state index is 0.101. The fourth-order valence-corrected chi connectivity index (χ4v) is 2.25. The summed E-state index contributed by atoms with van der Waals surface area (Å²) in [6, 6.07) is 0.852. The number of hydrogen-bond donors (Lipinski definition) is 1. The molecule has 0 amide bonds. The molecule has 0 spiro atoms. The molecule has 0 atom stereocenters. The maximum atomic E-state index is 11.5. The third kappa shape index (κ3) is 5.50. The van der Waals surface area contributed by atoms with Gasteiger partial charge < -0.3 is 10.5 Å². The van der Waals surface area contributed by atoms with Crippen LogP contribution >= 0.6 is 0 Å². The Morgan fingerprint density at radius 3 is 2.59 bits per heavy atom. The Hall–Kier alpha value is -0.610. The van der Waals surface area contributed by atoms with Crippen molar-refractivity contribution < 1.29 is 9.53 Å². The molecular formula is C13H26N2O2. The molecule has 0 heterocycles. The van der Waals surface area contributed by atoms with Crippen molar-refractivity contribution in [1.29, 1.82) is 0 Å². The van der Waals surface area contributed by atoms with Gasteiger partial charge in [0.25, 0.3) is 0 Å². The first-order chi connectivity index (χ1) is 8.13. The molecule has 0 unspecified atom stereocenters. The van der Waals surface area contributed by atoms with Crippen LogP contribution < -0.4 is 5.73 Å². The molecule has 0 aromatic rings. The topological polar surface area (TPSA) is 55.6 Å². The van der Waals surface area contributed by atoms with Crippen LogP contribution in [-0.4, -0.2) is 43.2 Å². The minimum atomic E-state index is -0.101. The van der Waals surface area contributed by atoms with E-state index in [1.807, 2.05) is 7.05 Å². The highest BCUT2D eigenvalue weighted by Crippen LogP contribution is 2.20. The van der Waals surface area contributed by atoms with E-state index >= 15 is 0 Å². The number of unbranched alkanes of at least 4 members (excludes halogenated alkanes) is 1. The van der Waals surface area contributed by atoms with E-state index < -0.39 is 0 Å². The van der Waals surface area contributed by atoms with Gasteiger partial charge in [0.1, 0.15) is 0 Å². The van der Waals surface area contributed by atoms with Gasteiger partial charge >= 0.3 is 5.97 Å². The van der Waals surface area contributed by atoms with Crippen LogP contribution in [0.2, 0.25) is 0 Å². The quantitative estimate of drug-likeness (QED) is 0.567. The number of nitrogens with two attached hydrogens (primary N) is 1. The molecule has 100 valence electrons. The zero-order chi connectivity index (χ0) is 12.7. The van der Waals surface area contributed by atoms with Crippen LogP contribution in [0.1, 0.15) is 45.4 Å². The summed E-state index contributed by atoms with van der Waals surface area (Å²) >= 11 is 0. The molecule has 1 aliphatic rings. The van der Waals surface area contributed by atoms with Gasteiger partial charge in [-0.15, -0.1) is 0 Å². The van der Waals surface area contributed by atoms with Gasteiger partial charge in [-0.1, -0.05) is 13.3 Å². The molecule has 17 heavy (non-hydrogen) atoms. The lowest BCUT2D eigenvalue weighted by Crippen LogP contribution is -2.41. The van der Waals surface area contributed by atoms with Gasteiger partial charge in [-0.3, -0.25) is 9.69 Å². The van der Waals surface area contributed by atoms with Crippen molar-refractivity contribution in [2.24, 2.45) is 5.73 Å². The number of rotatable bonds is 6. The summed E-state index contributed by atoms with van der Waals surface area (Å²) in [7, 11) is 2.00. The number of esters is 1. The molecular weight excluding hydrogens is 216 g/mol. The summed E-state index contributed by atoms with van der Waals surface area (Å²) in [4.78, 5) is 13.7. The highest BCUT2D eigenvalue weighted by atomic mass is 16.5. The van der Waals surface area contributed by atoms with Gasteiger partial charge in [0.2, 0.25) is 0 Å². The molecule has 4 heteroatoms. The summed E-state index contributed by atoms with van der Waals surface area (Å²) in [5, 5.41) is 0. The number of hydrogen-bond acceptors (Lipinski definition) is 4. The summed E-state index contributed by atoms with van der Waals surface area (Å²) in [5.74, 6) is -0.101. The van der Waals surface area contributed by atoms with Crippen molar-refractivity contribution in [3.05, 3.63) is 0 Å². The predicted octanol–water partition coefficient (Wildman–Crippen LogP) is 1.53. The normalized spacial score (nSPS) is 24.9. The Balaban J connectivity index is 2.19. The third-order valence-corrected chi connectivity index (χ3v) is 3.50. The van der Waals surface area contributed by atoms with Gasteiger partial charge in [-0.2, -0.15) is 0 Å². The third-order valence-electron chi connectivity index (χ3n) is 3.50. The maximum Gasteiger partial charge on any atom is 0.320 e. The number of likely N-dealkylation sites (N-methyl/N-ethyl adjacent to an activating group) is 1. The fourth-order valence-electron chi connectivity index (χ4n) is 2.25. The highest BCUT2D eigenvalue weighted by Gasteiger charge is 2.23. The molecule has 1 saturated carbocycles. The molecule has 0 aliphatic heterocycles. The average Bonchev–Trinajstić information content (AvgIpc) is 2.30. The molecule has 0 bridgehead atoms. The summed E-state index contributed by atoms with van der Waals surface area (Å²) in [6.07, 6.45) is 6.34. The Morgan fingerprint density at radius 2 is 2.00 bits per heavy atom. The molecule has 0 aromatic carbocycles. The molecule has 4 nitrogen and oxygen atoms in total. The zero-order valence-corrected chi connectivity index (χ0v) is 11.2. The average molecular weight is 242 g/mol. The zero-order valence-electron chi connectivity index (χ0n) is 11.2. The van der Waals surface area contributed by atoms with Crippen molar-refractivity contribution in [2.75, 3.05) is 20.2 Å². The molecule has 1 fully saturated rings. The lowest BCUT2D eigenvalue weighted by Gasteiger charge is -2.32. The number of carbonyl (C=O) groups excluding carboxylic acids is 1. The van der Waals surface area contributed by atoms with Crippen LogP contribution in [0.25, 0.3) is 0 Å². The van der Waals surface area contributed by atoms with Crippen LogP contribution in [0.3, 0.4) is 0 Å². The van der Waals surface area contributed by atoms with E-state index in [4.69, 9.17) is 10.5 Å². The van der Waals surface area contributed by atoms with E-state index in [9.17, 15) is 4.79 Å². The van der Waals surface area contributed by atoms with Gasteiger partial charge in [0.05, 0.1) is 13.2 Å². The second kappa shape index (κ2) is 7.67. The van der Waals surface area contributed by atoms with Crippen LogP contribution in [0, 0.1) is 0 Å². The van der Waals surface area contributed by atoms with E-state index in [1.165, 1.54) is 0 Å². The van der Waals surface area contributed by atoms with Crippen LogP contribution in [0.5, 0.6) is 0 Å². The fraction of sp³-hybridized carbons (Fsp3) is 0.923. The number of carbonyl (C=O) groups is 1. The first-order valence-corrected chi connectivity index (χ1v) is 6.75. The molecule has 1 rings (SSSR count). The van der Waals surface area contributed by atoms with E-state index in [-0.39, 0.29) is 5.97 Å².